The lowest BCUT2D eigenvalue weighted by Gasteiger charge is -2.30. The maximum Gasteiger partial charge on any atom is 0.266 e. The number of para-hydroxylation sites is 2. The molecule has 0 bridgehead atoms. The lowest BCUT2D eigenvalue weighted by Crippen LogP contribution is -2.37. The Morgan fingerprint density at radius 3 is 2.45 bits per heavy atom. The third-order valence-electron chi connectivity index (χ3n) is 5.90. The number of rotatable bonds is 9. The fourth-order valence-electron chi connectivity index (χ4n) is 4.13. The molecule has 1 atom stereocenters. The Morgan fingerprint density at radius 1 is 1.03 bits per heavy atom. The second kappa shape index (κ2) is 10.4. The predicted octanol–water partition coefficient (Wildman–Crippen LogP) is 5.57. The van der Waals surface area contributed by atoms with Crippen molar-refractivity contribution in [3.05, 3.63) is 70.3 Å². The van der Waals surface area contributed by atoms with Crippen molar-refractivity contribution >= 4 is 16.8 Å². The van der Waals surface area contributed by atoms with Crippen LogP contribution in [0, 0.1) is 6.92 Å². The molecule has 2 aromatic carbocycles. The summed E-state index contributed by atoms with van der Waals surface area (Å²) in [7, 11) is 0. The lowest BCUT2D eigenvalue weighted by molar-refractivity contribution is -0.133. The van der Waals surface area contributed by atoms with Crippen LogP contribution in [0.1, 0.15) is 70.3 Å². The van der Waals surface area contributed by atoms with Crippen LogP contribution < -0.4 is 5.56 Å². The zero-order valence-electron chi connectivity index (χ0n) is 19.1. The predicted molar refractivity (Wildman–Crippen MR) is 127 cm³/mol. The highest BCUT2D eigenvalue weighted by atomic mass is 16.2. The zero-order valence-corrected chi connectivity index (χ0v) is 19.1. The van der Waals surface area contributed by atoms with Gasteiger partial charge in [0, 0.05) is 13.0 Å². The molecule has 1 amide bonds. The first-order valence-corrected chi connectivity index (χ1v) is 11.4. The Kier molecular flexibility index (Phi) is 7.61. The molecule has 1 heterocycles. The van der Waals surface area contributed by atoms with Gasteiger partial charge in [-0.2, -0.15) is 0 Å². The molecule has 3 rings (SSSR count). The van der Waals surface area contributed by atoms with Crippen LogP contribution in [0.5, 0.6) is 0 Å². The van der Waals surface area contributed by atoms with Gasteiger partial charge in [0.1, 0.15) is 5.82 Å². The number of benzene rings is 2. The van der Waals surface area contributed by atoms with E-state index in [1.54, 1.807) is 4.57 Å². The van der Waals surface area contributed by atoms with Crippen LogP contribution in [0.2, 0.25) is 0 Å². The van der Waals surface area contributed by atoms with E-state index in [4.69, 9.17) is 4.98 Å². The molecule has 0 saturated carbocycles. The van der Waals surface area contributed by atoms with Crippen LogP contribution >= 0.6 is 0 Å². The molecule has 31 heavy (non-hydrogen) atoms. The van der Waals surface area contributed by atoms with Crippen LogP contribution in [-0.4, -0.2) is 26.9 Å². The van der Waals surface area contributed by atoms with Gasteiger partial charge in [-0.25, -0.2) is 4.98 Å². The average molecular weight is 420 g/mol. The highest BCUT2D eigenvalue weighted by Crippen LogP contribution is 2.25. The summed E-state index contributed by atoms with van der Waals surface area (Å²) in [6.45, 7) is 8.68. The van der Waals surface area contributed by atoms with E-state index in [0.29, 0.717) is 29.7 Å². The smallest absolute Gasteiger partial charge is 0.266 e. The Bertz CT molecular complexity index is 1100. The molecular weight excluding hydrogens is 386 g/mol. The van der Waals surface area contributed by atoms with E-state index in [1.807, 2.05) is 74.2 Å². The number of aromatic nitrogens is 2. The van der Waals surface area contributed by atoms with Gasteiger partial charge < -0.3 is 4.90 Å². The van der Waals surface area contributed by atoms with Crippen molar-refractivity contribution in [1.29, 1.82) is 0 Å². The number of fused-ring (bicyclic) bond motifs is 1. The summed E-state index contributed by atoms with van der Waals surface area (Å²) < 4.78 is 1.69. The molecule has 1 unspecified atom stereocenters. The maximum atomic E-state index is 13.6. The van der Waals surface area contributed by atoms with Gasteiger partial charge in [0.15, 0.2) is 0 Å². The summed E-state index contributed by atoms with van der Waals surface area (Å²) in [5.74, 6) is 0.714. The largest absolute Gasteiger partial charge is 0.333 e. The number of carbonyl (C=O) groups excluding carboxylic acids is 1. The highest BCUT2D eigenvalue weighted by molar-refractivity contribution is 5.79. The third-order valence-corrected chi connectivity index (χ3v) is 5.90. The number of hydrogen-bond acceptors (Lipinski definition) is 3. The summed E-state index contributed by atoms with van der Waals surface area (Å²) >= 11 is 0. The molecule has 1 aromatic heterocycles. The van der Waals surface area contributed by atoms with Crippen molar-refractivity contribution < 1.29 is 4.79 Å². The number of nitrogens with zero attached hydrogens (tertiary/aromatic N) is 3. The first-order valence-electron chi connectivity index (χ1n) is 11.4. The monoisotopic (exact) mass is 419 g/mol. The van der Waals surface area contributed by atoms with E-state index < -0.39 is 0 Å². The quantitative estimate of drug-likeness (QED) is 0.426. The van der Waals surface area contributed by atoms with Crippen molar-refractivity contribution in [3.8, 4) is 5.69 Å². The Morgan fingerprint density at radius 2 is 1.74 bits per heavy atom. The van der Waals surface area contributed by atoms with Crippen molar-refractivity contribution in [2.45, 2.75) is 65.8 Å². The third kappa shape index (κ3) is 4.87. The van der Waals surface area contributed by atoms with Crippen LogP contribution in [0.3, 0.4) is 0 Å². The lowest BCUT2D eigenvalue weighted by atomic mass is 10.1. The van der Waals surface area contributed by atoms with Crippen LogP contribution in [0.15, 0.2) is 53.3 Å². The van der Waals surface area contributed by atoms with E-state index in [1.165, 1.54) is 0 Å². The minimum absolute atomic E-state index is 0.104. The molecule has 0 aliphatic heterocycles. The van der Waals surface area contributed by atoms with E-state index in [9.17, 15) is 9.59 Å². The van der Waals surface area contributed by atoms with Gasteiger partial charge in [-0.05, 0) is 51.0 Å². The number of unbranched alkanes of at least 4 members (excludes halogenated alkanes) is 3. The topological polar surface area (TPSA) is 55.2 Å². The molecule has 0 radical (unpaired) electrons. The van der Waals surface area contributed by atoms with Crippen molar-refractivity contribution in [3.63, 3.8) is 0 Å². The van der Waals surface area contributed by atoms with E-state index in [-0.39, 0.29) is 17.5 Å². The number of hydrogen-bond donors (Lipinski definition) is 0. The second-order valence-corrected chi connectivity index (χ2v) is 8.08. The zero-order chi connectivity index (χ0) is 22.4. The normalized spacial score (nSPS) is 12.1. The standard InChI is InChI=1S/C26H33N3O2/c1-5-7-8-9-18-24(30)28(6-2)20(4)25-27-22-16-12-11-15-21(22)26(31)29(25)23-17-13-10-14-19(23)3/h10-17,20H,5-9,18H2,1-4H3. The average Bonchev–Trinajstić information content (AvgIpc) is 2.78. The molecular formula is C26H33N3O2. The van der Waals surface area contributed by atoms with Gasteiger partial charge in [0.25, 0.3) is 5.56 Å². The highest BCUT2D eigenvalue weighted by Gasteiger charge is 2.25. The van der Waals surface area contributed by atoms with E-state index in [2.05, 4.69) is 6.92 Å². The van der Waals surface area contributed by atoms with Gasteiger partial charge in [-0.15, -0.1) is 0 Å². The van der Waals surface area contributed by atoms with Gasteiger partial charge in [0.05, 0.1) is 22.6 Å². The maximum absolute atomic E-state index is 13.6. The summed E-state index contributed by atoms with van der Waals surface area (Å²) in [5.41, 5.74) is 2.35. The molecule has 0 aliphatic carbocycles. The van der Waals surface area contributed by atoms with Gasteiger partial charge in [-0.3, -0.25) is 14.2 Å². The Labute approximate surface area is 184 Å². The number of amides is 1. The molecule has 0 N–H and O–H groups in total. The van der Waals surface area contributed by atoms with Crippen molar-refractivity contribution in [2.75, 3.05) is 6.54 Å². The molecule has 164 valence electrons. The molecule has 3 aromatic rings. The fraction of sp³-hybridized carbons (Fsp3) is 0.423. The summed E-state index contributed by atoms with van der Waals surface area (Å²) in [4.78, 5) is 33.3. The van der Waals surface area contributed by atoms with Gasteiger partial charge >= 0.3 is 0 Å². The number of carbonyl (C=O) groups is 1. The minimum atomic E-state index is -0.319. The summed E-state index contributed by atoms with van der Waals surface area (Å²) in [5, 5.41) is 0.579. The van der Waals surface area contributed by atoms with Crippen LogP contribution in [-0.2, 0) is 4.79 Å². The van der Waals surface area contributed by atoms with Crippen molar-refractivity contribution in [1.82, 2.24) is 14.5 Å². The first-order chi connectivity index (χ1) is 15.0. The van der Waals surface area contributed by atoms with Crippen LogP contribution in [0.4, 0.5) is 0 Å². The summed E-state index contributed by atoms with van der Waals surface area (Å²) in [6, 6.07) is 14.9. The van der Waals surface area contributed by atoms with Gasteiger partial charge in [-0.1, -0.05) is 56.5 Å². The molecule has 0 spiro atoms. The fourth-order valence-corrected chi connectivity index (χ4v) is 4.13. The first kappa shape index (κ1) is 22.7. The Hall–Kier alpha value is -2.95. The van der Waals surface area contributed by atoms with Crippen molar-refractivity contribution in [2.24, 2.45) is 0 Å². The Balaban J connectivity index is 2.09. The second-order valence-electron chi connectivity index (χ2n) is 8.08. The molecule has 5 heteroatoms. The molecule has 5 nitrogen and oxygen atoms in total. The minimum Gasteiger partial charge on any atom is -0.333 e. The van der Waals surface area contributed by atoms with E-state index in [0.717, 1.165) is 36.9 Å². The molecule has 0 aliphatic rings. The summed E-state index contributed by atoms with van der Waals surface area (Å²) in [6.07, 6.45) is 4.78. The molecule has 0 saturated heterocycles. The van der Waals surface area contributed by atoms with Gasteiger partial charge in [0.2, 0.25) is 5.91 Å². The molecule has 0 fully saturated rings. The SMILES string of the molecule is CCCCCCC(=O)N(CC)C(C)c1nc2ccccc2c(=O)n1-c1ccccc1C. The number of aryl methyl sites for hydroxylation is 1. The van der Waals surface area contributed by atoms with E-state index >= 15 is 0 Å². The van der Waals surface area contributed by atoms with Crippen LogP contribution in [0.25, 0.3) is 16.6 Å².